The van der Waals surface area contributed by atoms with E-state index in [1.807, 2.05) is 0 Å². The van der Waals surface area contributed by atoms with Crippen molar-refractivity contribution < 1.29 is 0 Å². The molecule has 0 aliphatic carbocycles. The Labute approximate surface area is 97.8 Å². The zero-order valence-electron chi connectivity index (χ0n) is 12.1. The fraction of sp³-hybridized carbons (Fsp3) is 1.00. The summed E-state index contributed by atoms with van der Waals surface area (Å²) in [6.45, 7) is 16.8. The first kappa shape index (κ1) is 15.0. The average molecular weight is 212 g/mol. The van der Waals surface area contributed by atoms with Crippen LogP contribution in [-0.2, 0) is 0 Å². The molecule has 0 spiro atoms. The second kappa shape index (κ2) is 5.92. The third kappa shape index (κ3) is 3.23. The minimum atomic E-state index is 0.519. The van der Waals surface area contributed by atoms with Crippen LogP contribution in [0, 0.1) is 16.7 Å². The summed E-state index contributed by atoms with van der Waals surface area (Å²) in [4.78, 5) is 0. The molecule has 0 aromatic carbocycles. The van der Waals surface area contributed by atoms with E-state index < -0.39 is 0 Å². The Morgan fingerprint density at radius 3 is 1.47 bits per heavy atom. The molecule has 0 aromatic heterocycles. The maximum atomic E-state index is 2.51. The molecule has 0 amide bonds. The van der Waals surface area contributed by atoms with Gasteiger partial charge in [-0.05, 0) is 23.2 Å². The van der Waals surface area contributed by atoms with Crippen molar-refractivity contribution >= 4 is 0 Å². The highest BCUT2D eigenvalue weighted by molar-refractivity contribution is 4.90. The second-order valence-corrected chi connectivity index (χ2v) is 5.90. The van der Waals surface area contributed by atoms with Gasteiger partial charge >= 0.3 is 0 Å². The van der Waals surface area contributed by atoms with E-state index in [0.717, 1.165) is 5.92 Å². The predicted molar refractivity (Wildman–Crippen MR) is 71.2 cm³/mol. The van der Waals surface area contributed by atoms with Gasteiger partial charge in [-0.1, -0.05) is 74.1 Å². The van der Waals surface area contributed by atoms with E-state index in [9.17, 15) is 0 Å². The Hall–Kier alpha value is 0. The Morgan fingerprint density at radius 2 is 1.20 bits per heavy atom. The van der Waals surface area contributed by atoms with Crippen LogP contribution in [0.4, 0.5) is 0 Å². The monoisotopic (exact) mass is 212 g/mol. The van der Waals surface area contributed by atoms with Crippen molar-refractivity contribution in [3.63, 3.8) is 0 Å². The van der Waals surface area contributed by atoms with Crippen molar-refractivity contribution in [1.29, 1.82) is 0 Å². The summed E-state index contributed by atoms with van der Waals surface area (Å²) in [7, 11) is 0. The Bertz CT molecular complexity index is 167. The number of rotatable bonds is 7. The van der Waals surface area contributed by atoms with Crippen molar-refractivity contribution in [2.45, 2.75) is 80.6 Å². The lowest BCUT2D eigenvalue weighted by Gasteiger charge is -2.47. The van der Waals surface area contributed by atoms with Gasteiger partial charge in [0.1, 0.15) is 0 Å². The van der Waals surface area contributed by atoms with Crippen LogP contribution in [0.3, 0.4) is 0 Å². The van der Waals surface area contributed by atoms with Gasteiger partial charge in [-0.2, -0.15) is 0 Å². The summed E-state index contributed by atoms with van der Waals surface area (Å²) in [5.74, 6) is 0.868. The van der Waals surface area contributed by atoms with E-state index in [4.69, 9.17) is 0 Å². The SMILES string of the molecule is CCC(C)CC(C)(CC)C(C)(CC)CC. The first-order valence-corrected chi connectivity index (χ1v) is 6.89. The molecule has 0 aliphatic rings. The van der Waals surface area contributed by atoms with Gasteiger partial charge in [0.05, 0.1) is 0 Å². The van der Waals surface area contributed by atoms with E-state index >= 15 is 0 Å². The molecule has 0 aliphatic heterocycles. The standard InChI is InChI=1S/C15H32/c1-8-13(5)12-15(7,11-4)14(6,9-2)10-3/h13H,8-12H2,1-7H3. The van der Waals surface area contributed by atoms with Gasteiger partial charge in [-0.15, -0.1) is 0 Å². The van der Waals surface area contributed by atoms with Gasteiger partial charge in [0, 0.05) is 0 Å². The Kier molecular flexibility index (Phi) is 5.92. The smallest absolute Gasteiger partial charge is 0.0272 e. The summed E-state index contributed by atoms with van der Waals surface area (Å²) < 4.78 is 0. The molecular formula is C15H32. The summed E-state index contributed by atoms with van der Waals surface area (Å²) in [5.41, 5.74) is 1.04. The lowest BCUT2D eigenvalue weighted by atomic mass is 9.58. The van der Waals surface area contributed by atoms with Crippen molar-refractivity contribution in [1.82, 2.24) is 0 Å². The predicted octanol–water partition coefficient (Wildman–Crippen LogP) is 5.67. The molecule has 0 heterocycles. The molecule has 0 rings (SSSR count). The molecule has 92 valence electrons. The van der Waals surface area contributed by atoms with Gasteiger partial charge < -0.3 is 0 Å². The Balaban J connectivity index is 4.81. The van der Waals surface area contributed by atoms with Crippen LogP contribution in [0.2, 0.25) is 0 Å². The minimum Gasteiger partial charge on any atom is -0.0651 e. The van der Waals surface area contributed by atoms with E-state index in [-0.39, 0.29) is 0 Å². The quantitative estimate of drug-likeness (QED) is 0.510. The van der Waals surface area contributed by atoms with Crippen molar-refractivity contribution in [2.75, 3.05) is 0 Å². The maximum Gasteiger partial charge on any atom is -0.0272 e. The van der Waals surface area contributed by atoms with Crippen molar-refractivity contribution in [3.05, 3.63) is 0 Å². The first-order valence-electron chi connectivity index (χ1n) is 6.89. The third-order valence-electron chi connectivity index (χ3n) is 5.29. The fourth-order valence-electron chi connectivity index (χ4n) is 2.83. The van der Waals surface area contributed by atoms with Gasteiger partial charge in [-0.3, -0.25) is 0 Å². The van der Waals surface area contributed by atoms with Crippen molar-refractivity contribution in [3.8, 4) is 0 Å². The highest BCUT2D eigenvalue weighted by atomic mass is 14.5. The van der Waals surface area contributed by atoms with E-state index in [1.54, 1.807) is 0 Å². The van der Waals surface area contributed by atoms with Crippen LogP contribution in [0.15, 0.2) is 0 Å². The van der Waals surface area contributed by atoms with E-state index in [2.05, 4.69) is 48.5 Å². The fourth-order valence-corrected chi connectivity index (χ4v) is 2.83. The zero-order chi connectivity index (χ0) is 12.1. The molecule has 0 fully saturated rings. The van der Waals surface area contributed by atoms with Crippen LogP contribution in [0.1, 0.15) is 80.6 Å². The summed E-state index contributed by atoms with van der Waals surface area (Å²) in [6, 6.07) is 0. The largest absolute Gasteiger partial charge is 0.0651 e. The van der Waals surface area contributed by atoms with Gasteiger partial charge in [0.2, 0.25) is 0 Å². The molecule has 0 heteroatoms. The minimum absolute atomic E-state index is 0.519. The lowest BCUT2D eigenvalue weighted by molar-refractivity contribution is 0.0299. The number of hydrogen-bond donors (Lipinski definition) is 0. The lowest BCUT2D eigenvalue weighted by Crippen LogP contribution is -2.37. The molecule has 0 aromatic rings. The number of hydrogen-bond acceptors (Lipinski definition) is 0. The second-order valence-electron chi connectivity index (χ2n) is 5.90. The van der Waals surface area contributed by atoms with Gasteiger partial charge in [-0.25, -0.2) is 0 Å². The van der Waals surface area contributed by atoms with Crippen molar-refractivity contribution in [2.24, 2.45) is 16.7 Å². The average Bonchev–Trinajstić information content (AvgIpc) is 2.27. The van der Waals surface area contributed by atoms with Gasteiger partial charge in [0.15, 0.2) is 0 Å². The molecule has 0 saturated carbocycles. The van der Waals surface area contributed by atoms with E-state index in [0.29, 0.717) is 10.8 Å². The van der Waals surface area contributed by atoms with E-state index in [1.165, 1.54) is 32.1 Å². The molecule has 15 heavy (non-hydrogen) atoms. The molecule has 0 N–H and O–H groups in total. The first-order chi connectivity index (χ1) is 6.89. The summed E-state index contributed by atoms with van der Waals surface area (Å²) in [6.07, 6.45) is 6.64. The normalized spacial score (nSPS) is 18.6. The molecule has 0 nitrogen and oxygen atoms in total. The molecule has 0 saturated heterocycles. The maximum absolute atomic E-state index is 2.51. The zero-order valence-corrected chi connectivity index (χ0v) is 12.1. The topological polar surface area (TPSA) is 0 Å². The van der Waals surface area contributed by atoms with Crippen LogP contribution >= 0.6 is 0 Å². The summed E-state index contributed by atoms with van der Waals surface area (Å²) in [5, 5.41) is 0. The molecule has 2 unspecified atom stereocenters. The third-order valence-corrected chi connectivity index (χ3v) is 5.29. The Morgan fingerprint density at radius 1 is 0.800 bits per heavy atom. The molecule has 0 radical (unpaired) electrons. The van der Waals surface area contributed by atoms with Gasteiger partial charge in [0.25, 0.3) is 0 Å². The van der Waals surface area contributed by atoms with Crippen LogP contribution in [-0.4, -0.2) is 0 Å². The van der Waals surface area contributed by atoms with Crippen LogP contribution in [0.5, 0.6) is 0 Å². The highest BCUT2D eigenvalue weighted by Crippen LogP contribution is 2.50. The molecule has 0 bridgehead atoms. The molecular weight excluding hydrogens is 180 g/mol. The van der Waals surface area contributed by atoms with Crippen LogP contribution < -0.4 is 0 Å². The van der Waals surface area contributed by atoms with Crippen LogP contribution in [0.25, 0.3) is 0 Å². The summed E-state index contributed by atoms with van der Waals surface area (Å²) >= 11 is 0. The molecule has 2 atom stereocenters. The highest BCUT2D eigenvalue weighted by Gasteiger charge is 2.40.